The minimum absolute atomic E-state index is 0. The van der Waals surface area contributed by atoms with E-state index in [1.54, 1.807) is 0 Å². The fourth-order valence-electron chi connectivity index (χ4n) is 6.40. The van der Waals surface area contributed by atoms with Crippen LogP contribution >= 0.6 is 0 Å². The molecule has 0 heterocycles. The van der Waals surface area contributed by atoms with Crippen LogP contribution in [0.5, 0.6) is 0 Å². The van der Waals surface area contributed by atoms with E-state index in [2.05, 4.69) is 181 Å². The van der Waals surface area contributed by atoms with Gasteiger partial charge < -0.3 is 24.8 Å². The summed E-state index contributed by atoms with van der Waals surface area (Å²) < 4.78 is 1.42. The first-order chi connectivity index (χ1) is 23.0. The van der Waals surface area contributed by atoms with Gasteiger partial charge in [-0.1, -0.05) is 77.5 Å². The van der Waals surface area contributed by atoms with E-state index >= 15 is 0 Å². The second-order valence-electron chi connectivity index (χ2n) is 14.6. The van der Waals surface area contributed by atoms with E-state index in [1.165, 1.54) is 92.8 Å². The molecule has 0 saturated heterocycles. The van der Waals surface area contributed by atoms with Crippen molar-refractivity contribution in [1.29, 1.82) is 0 Å². The van der Waals surface area contributed by atoms with E-state index in [9.17, 15) is 0 Å². The van der Waals surface area contributed by atoms with E-state index in [0.29, 0.717) is 0 Å². The summed E-state index contributed by atoms with van der Waals surface area (Å²) in [4.78, 5) is 0. The minimum atomic E-state index is 0. The molecule has 0 nitrogen and oxygen atoms in total. The molecule has 7 aromatic rings. The third-order valence-electron chi connectivity index (χ3n) is 9.17. The Hall–Kier alpha value is -3.48. The number of halogens is 2. The van der Waals surface area contributed by atoms with Crippen molar-refractivity contribution in [3.63, 3.8) is 0 Å². The van der Waals surface area contributed by atoms with Crippen LogP contribution in [0.2, 0.25) is 0 Å². The van der Waals surface area contributed by atoms with Crippen LogP contribution in [0.4, 0.5) is 0 Å². The fraction of sp³-hybridized carbons (Fsp3) is 0.191. The number of fused-ring (bicyclic) bond motifs is 8. The van der Waals surface area contributed by atoms with Crippen molar-refractivity contribution in [3.05, 3.63) is 174 Å². The summed E-state index contributed by atoms with van der Waals surface area (Å²) in [5, 5.41) is 10.8. The van der Waals surface area contributed by atoms with Crippen molar-refractivity contribution in [2.75, 3.05) is 0 Å². The van der Waals surface area contributed by atoms with Crippen LogP contribution in [0, 0.1) is 6.08 Å². The van der Waals surface area contributed by atoms with Crippen molar-refractivity contribution in [1.82, 2.24) is 0 Å². The molecule has 3 heteroatoms. The van der Waals surface area contributed by atoms with Gasteiger partial charge in [0.2, 0.25) is 0 Å². The summed E-state index contributed by atoms with van der Waals surface area (Å²) >= 11 is 1.46. The number of hydrogen-bond donors (Lipinski definition) is 0. The SMILES string of the molecule is CC(C)(C)c1ccc([C](=[Zr+2])c2ccc(C(C)(C)C)cc2)cc1.[C-]1=CC=CC1.[Cl-].[Cl-].c1ccc2c(c1)[cH-]c1c3ccccc3c3ccccc3c21. The van der Waals surface area contributed by atoms with Crippen LogP contribution in [0.3, 0.4) is 0 Å². The van der Waals surface area contributed by atoms with Crippen LogP contribution in [0.1, 0.15) is 70.2 Å². The quantitative estimate of drug-likeness (QED) is 0.135. The van der Waals surface area contributed by atoms with Crippen LogP contribution in [-0.4, -0.2) is 3.21 Å². The molecule has 0 bridgehead atoms. The Morgan fingerprint density at radius 1 is 0.560 bits per heavy atom. The van der Waals surface area contributed by atoms with E-state index in [-0.39, 0.29) is 35.6 Å². The first-order valence-corrected chi connectivity index (χ1v) is 18.1. The first-order valence-electron chi connectivity index (χ1n) is 16.9. The molecule has 0 N–H and O–H groups in total. The number of benzene rings is 6. The molecule has 0 saturated carbocycles. The van der Waals surface area contributed by atoms with E-state index in [1.807, 2.05) is 12.2 Å². The minimum Gasteiger partial charge on any atom is -1.00 e. The molecular weight excluding hydrogens is 727 g/mol. The Kier molecular flexibility index (Phi) is 13.1. The van der Waals surface area contributed by atoms with E-state index < -0.39 is 0 Å². The zero-order valence-corrected chi connectivity index (χ0v) is 33.8. The molecule has 7 aromatic carbocycles. The summed E-state index contributed by atoms with van der Waals surface area (Å²) in [7, 11) is 0. The Balaban J connectivity index is 0.000000190. The van der Waals surface area contributed by atoms with Gasteiger partial charge in [0, 0.05) is 0 Å². The zero-order valence-electron chi connectivity index (χ0n) is 29.8. The van der Waals surface area contributed by atoms with Crippen LogP contribution < -0.4 is 24.8 Å². The molecule has 0 radical (unpaired) electrons. The number of rotatable bonds is 2. The molecule has 8 rings (SSSR count). The molecule has 1 aliphatic rings. The van der Waals surface area contributed by atoms with Crippen molar-refractivity contribution in [3.8, 4) is 0 Å². The van der Waals surface area contributed by atoms with Gasteiger partial charge in [-0.25, -0.2) is 12.2 Å². The summed E-state index contributed by atoms with van der Waals surface area (Å²) in [6.45, 7) is 13.6. The summed E-state index contributed by atoms with van der Waals surface area (Å²) in [5.74, 6) is 0. The average Bonchev–Trinajstić information content (AvgIpc) is 3.81. The van der Waals surface area contributed by atoms with Crippen LogP contribution in [0.15, 0.2) is 146 Å². The van der Waals surface area contributed by atoms with Gasteiger partial charge in [0.1, 0.15) is 0 Å². The summed E-state index contributed by atoms with van der Waals surface area (Å²) in [6, 6.07) is 46.6. The second kappa shape index (κ2) is 16.7. The summed E-state index contributed by atoms with van der Waals surface area (Å²) in [6.07, 6.45) is 10.0. The van der Waals surface area contributed by atoms with Crippen LogP contribution in [-0.2, 0) is 35.1 Å². The van der Waals surface area contributed by atoms with E-state index in [0.717, 1.165) is 6.42 Å². The van der Waals surface area contributed by atoms with Crippen molar-refractivity contribution >= 4 is 46.3 Å². The molecule has 252 valence electrons. The molecule has 0 amide bonds. The third kappa shape index (κ3) is 8.69. The van der Waals surface area contributed by atoms with Gasteiger partial charge in [-0.3, -0.25) is 6.08 Å². The Bertz CT molecular complexity index is 2200. The van der Waals surface area contributed by atoms with Gasteiger partial charge >= 0.3 is 151 Å². The van der Waals surface area contributed by atoms with Gasteiger partial charge in [-0.15, -0.1) is 40.1 Å². The second-order valence-corrected chi connectivity index (χ2v) is 15.9. The Labute approximate surface area is 325 Å². The van der Waals surface area contributed by atoms with Crippen LogP contribution in [0.25, 0.3) is 43.1 Å². The van der Waals surface area contributed by atoms with Crippen molar-refractivity contribution in [2.45, 2.75) is 58.8 Å². The third-order valence-corrected chi connectivity index (χ3v) is 10.6. The standard InChI is InChI=1S/C21H13.C21H26.C5H5.2ClH.Zr/c1-2-8-15-14(7-1)13-20-18-11-4-3-9-16(18)17-10-5-6-12-19(17)21(15)20;1-20(2,3)18-11-7-16(8-12-18)15-17-9-13-19(14-10-17)21(4,5)6;1-2-4-5-3-1;;;/h1-13H;7-14H,1-6H3;1-3H,4H2;2*1H;/q-1;;-1;;;+2/p-2. The monoisotopic (exact) mass is 768 g/mol. The molecule has 0 fully saturated rings. The number of hydrogen-bond acceptors (Lipinski definition) is 0. The van der Waals surface area contributed by atoms with Gasteiger partial charge in [0.25, 0.3) is 0 Å². The number of allylic oxidation sites excluding steroid dienone is 4. The summed E-state index contributed by atoms with van der Waals surface area (Å²) in [5.41, 5.74) is 5.90. The smallest absolute Gasteiger partial charge is 0.0255 e. The molecular formula is C47H44Cl2Zr-2. The largest absolute Gasteiger partial charge is 1.00 e. The van der Waals surface area contributed by atoms with Gasteiger partial charge in [-0.2, -0.15) is 6.08 Å². The molecule has 0 aromatic heterocycles. The fourth-order valence-corrected chi connectivity index (χ4v) is 7.21. The predicted octanol–water partition coefficient (Wildman–Crippen LogP) is 6.73. The van der Waals surface area contributed by atoms with Gasteiger partial charge in [0.15, 0.2) is 0 Å². The molecule has 0 atom stereocenters. The Morgan fingerprint density at radius 2 is 1.00 bits per heavy atom. The molecule has 0 spiro atoms. The maximum absolute atomic E-state index is 2.99. The normalized spacial score (nSPS) is 12.2. The predicted molar refractivity (Wildman–Crippen MR) is 207 cm³/mol. The average molecular weight is 771 g/mol. The first kappa shape index (κ1) is 39.3. The topological polar surface area (TPSA) is 0 Å². The van der Waals surface area contributed by atoms with Crippen molar-refractivity contribution in [2.24, 2.45) is 0 Å². The Morgan fingerprint density at radius 3 is 1.44 bits per heavy atom. The molecule has 50 heavy (non-hydrogen) atoms. The van der Waals surface area contributed by atoms with Crippen molar-refractivity contribution < 1.29 is 49.0 Å². The maximum atomic E-state index is 2.99. The maximum Gasteiger partial charge on any atom is -0.0255 e. The van der Waals surface area contributed by atoms with Gasteiger partial charge in [0.05, 0.1) is 0 Å². The zero-order chi connectivity index (χ0) is 33.9. The van der Waals surface area contributed by atoms with E-state index in [4.69, 9.17) is 0 Å². The molecule has 1 aliphatic carbocycles. The van der Waals surface area contributed by atoms with Gasteiger partial charge in [-0.05, 0) is 10.8 Å². The molecule has 0 aliphatic heterocycles. The molecule has 0 unspecified atom stereocenters.